The van der Waals surface area contributed by atoms with E-state index in [1.807, 2.05) is 13.0 Å². The lowest BCUT2D eigenvalue weighted by atomic mass is 9.54. The van der Waals surface area contributed by atoms with E-state index in [4.69, 9.17) is 4.74 Å². The van der Waals surface area contributed by atoms with E-state index in [0.29, 0.717) is 18.8 Å². The average molecular weight is 418 g/mol. The van der Waals surface area contributed by atoms with Gasteiger partial charge < -0.3 is 20.3 Å². The van der Waals surface area contributed by atoms with E-state index in [-0.39, 0.29) is 35.5 Å². The van der Waals surface area contributed by atoms with Gasteiger partial charge in [0.05, 0.1) is 6.10 Å². The van der Waals surface area contributed by atoms with Crippen molar-refractivity contribution < 1.29 is 24.5 Å². The number of carbonyl (C=O) groups is 2. The van der Waals surface area contributed by atoms with Crippen molar-refractivity contribution in [1.29, 1.82) is 0 Å². The van der Waals surface area contributed by atoms with Gasteiger partial charge >= 0.3 is 0 Å². The number of aliphatic hydroxyl groups is 2. The Morgan fingerprint density at radius 3 is 2.60 bits per heavy atom. The molecule has 2 aliphatic carbocycles. The van der Waals surface area contributed by atoms with Crippen LogP contribution in [0.5, 0.6) is 0 Å². The summed E-state index contributed by atoms with van der Waals surface area (Å²) in [5.74, 6) is -0.485. The number of Topliss-reactive ketones (excluding diaryl/α,β-unsaturated/α-hetero) is 1. The fourth-order valence-electron chi connectivity index (χ4n) is 6.13. The summed E-state index contributed by atoms with van der Waals surface area (Å²) in [6, 6.07) is -0.0749. The average Bonchev–Trinajstić information content (AvgIpc) is 3.41. The van der Waals surface area contributed by atoms with Gasteiger partial charge in [-0.2, -0.15) is 0 Å². The van der Waals surface area contributed by atoms with Crippen LogP contribution in [0, 0.1) is 29.1 Å². The maximum Gasteiger partial charge on any atom is 0.235 e. The smallest absolute Gasteiger partial charge is 0.235 e. The second-order valence-electron chi connectivity index (χ2n) is 10.3. The van der Waals surface area contributed by atoms with Gasteiger partial charge in [-0.1, -0.05) is 44.1 Å². The van der Waals surface area contributed by atoms with Gasteiger partial charge in [0.2, 0.25) is 5.91 Å². The summed E-state index contributed by atoms with van der Waals surface area (Å²) in [5.41, 5.74) is 0.993. The van der Waals surface area contributed by atoms with Crippen LogP contribution in [-0.2, 0) is 14.3 Å². The summed E-state index contributed by atoms with van der Waals surface area (Å²) in [4.78, 5) is 27.6. The van der Waals surface area contributed by atoms with Gasteiger partial charge in [-0.05, 0) is 44.9 Å². The molecule has 4 rings (SSSR count). The molecule has 166 valence electrons. The van der Waals surface area contributed by atoms with Gasteiger partial charge in [0.1, 0.15) is 23.7 Å². The minimum absolute atomic E-state index is 0.0749. The molecule has 0 aromatic heterocycles. The number of nitrogens with one attached hydrogen (secondary N) is 1. The Hall–Kier alpha value is -1.50. The Labute approximate surface area is 178 Å². The SMILES string of the molecule is CC1=C[C@H]2C=C(C)[C@@H](C)[C@H]3[C@H](CC(C)C)NC(=O)[C@@]23C(=O)[C@H]2O[C@@H]2[C@H](O)[C@H](O)CC1. The number of epoxide rings is 1. The number of allylic oxidation sites excluding steroid dienone is 4. The van der Waals surface area contributed by atoms with Crippen molar-refractivity contribution >= 4 is 11.7 Å². The summed E-state index contributed by atoms with van der Waals surface area (Å²) in [5, 5.41) is 24.0. The molecule has 0 unspecified atom stereocenters. The number of carbonyl (C=O) groups excluding carboxylic acids is 2. The molecule has 2 fully saturated rings. The number of amides is 1. The molecule has 0 radical (unpaired) electrons. The molecule has 1 amide bonds. The molecular formula is C24H35NO5. The zero-order valence-electron chi connectivity index (χ0n) is 18.6. The number of fused-ring (bicyclic) bond motifs is 1. The minimum atomic E-state index is -1.23. The van der Waals surface area contributed by atoms with Crippen molar-refractivity contribution in [3.63, 3.8) is 0 Å². The van der Waals surface area contributed by atoms with Crippen LogP contribution < -0.4 is 5.32 Å². The van der Waals surface area contributed by atoms with Gasteiger partial charge in [-0.15, -0.1) is 0 Å². The molecule has 2 heterocycles. The van der Waals surface area contributed by atoms with Crippen LogP contribution in [-0.4, -0.2) is 52.4 Å². The Morgan fingerprint density at radius 1 is 1.23 bits per heavy atom. The highest BCUT2D eigenvalue weighted by Crippen LogP contribution is 2.57. The molecule has 6 nitrogen and oxygen atoms in total. The molecule has 0 bridgehead atoms. The molecule has 1 spiro atoms. The van der Waals surface area contributed by atoms with Gasteiger partial charge in [-0.3, -0.25) is 9.59 Å². The fraction of sp³-hybridized carbons (Fsp3) is 0.750. The minimum Gasteiger partial charge on any atom is -0.390 e. The second-order valence-corrected chi connectivity index (χ2v) is 10.3. The molecule has 2 saturated heterocycles. The molecule has 0 saturated carbocycles. The van der Waals surface area contributed by atoms with Crippen molar-refractivity contribution in [2.24, 2.45) is 29.1 Å². The number of ketones is 1. The first kappa shape index (κ1) is 21.7. The molecule has 6 heteroatoms. The van der Waals surface area contributed by atoms with E-state index in [2.05, 4.69) is 39.1 Å². The molecule has 3 N–H and O–H groups in total. The second kappa shape index (κ2) is 7.57. The Bertz CT molecular complexity index is 801. The number of hydrogen-bond acceptors (Lipinski definition) is 5. The van der Waals surface area contributed by atoms with E-state index in [0.717, 1.165) is 12.0 Å². The largest absolute Gasteiger partial charge is 0.390 e. The summed E-state index contributed by atoms with van der Waals surface area (Å²) in [7, 11) is 0. The number of hydrogen-bond donors (Lipinski definition) is 3. The van der Waals surface area contributed by atoms with Crippen LogP contribution >= 0.6 is 0 Å². The molecule has 4 aliphatic rings. The van der Waals surface area contributed by atoms with E-state index < -0.39 is 29.8 Å². The Kier molecular flexibility index (Phi) is 5.48. The molecule has 0 aromatic rings. The molecule has 0 aromatic carbocycles. The van der Waals surface area contributed by atoms with Crippen molar-refractivity contribution in [3.05, 3.63) is 23.3 Å². The van der Waals surface area contributed by atoms with Crippen LogP contribution in [0.2, 0.25) is 0 Å². The molecule has 9 atom stereocenters. The number of aliphatic hydroxyl groups excluding tert-OH is 2. The highest BCUT2D eigenvalue weighted by molar-refractivity contribution is 6.12. The highest BCUT2D eigenvalue weighted by Gasteiger charge is 2.70. The first-order chi connectivity index (χ1) is 14.1. The van der Waals surface area contributed by atoms with E-state index in [1.165, 1.54) is 5.57 Å². The van der Waals surface area contributed by atoms with Gasteiger partial charge in [0, 0.05) is 17.9 Å². The monoisotopic (exact) mass is 417 g/mol. The third-order valence-electron chi connectivity index (χ3n) is 7.82. The van der Waals surface area contributed by atoms with Crippen molar-refractivity contribution in [2.75, 3.05) is 0 Å². The van der Waals surface area contributed by atoms with Gasteiger partial charge in [-0.25, -0.2) is 0 Å². The molecule has 2 aliphatic heterocycles. The van der Waals surface area contributed by atoms with Crippen LogP contribution in [0.1, 0.15) is 53.9 Å². The topological polar surface area (TPSA) is 99.2 Å². The van der Waals surface area contributed by atoms with Crippen LogP contribution in [0.25, 0.3) is 0 Å². The lowest BCUT2D eigenvalue weighted by Crippen LogP contribution is -2.54. The predicted octanol–water partition coefficient (Wildman–Crippen LogP) is 2.14. The van der Waals surface area contributed by atoms with Crippen molar-refractivity contribution in [2.45, 2.75) is 84.3 Å². The maximum atomic E-state index is 14.0. The highest BCUT2D eigenvalue weighted by atomic mass is 16.6. The molecular weight excluding hydrogens is 382 g/mol. The summed E-state index contributed by atoms with van der Waals surface area (Å²) in [6.07, 6.45) is 2.29. The standard InChI is InChI=1S/C24H35NO5/c1-11(2)8-16-18-14(5)13(4)10-15-9-12(3)6-7-17(26)19(27)20-21(30-20)22(28)24(15,18)23(29)25-16/h9-11,14-21,26-27H,6-8H2,1-5H3,(H,25,29)/t14-,15+,16+,17-,18+,19-,20-,21+,24+/m1/s1. The Morgan fingerprint density at radius 2 is 1.93 bits per heavy atom. The Balaban J connectivity index is 1.87. The lowest BCUT2D eigenvalue weighted by Gasteiger charge is -2.44. The van der Waals surface area contributed by atoms with Crippen LogP contribution in [0.15, 0.2) is 23.3 Å². The first-order valence-corrected chi connectivity index (χ1v) is 11.3. The molecule has 30 heavy (non-hydrogen) atoms. The van der Waals surface area contributed by atoms with E-state index in [9.17, 15) is 19.8 Å². The summed E-state index contributed by atoms with van der Waals surface area (Å²) < 4.78 is 5.61. The normalized spacial score (nSPS) is 46.1. The van der Waals surface area contributed by atoms with Gasteiger partial charge in [0.15, 0.2) is 5.78 Å². The van der Waals surface area contributed by atoms with Crippen molar-refractivity contribution in [3.8, 4) is 0 Å². The third kappa shape index (κ3) is 3.19. The van der Waals surface area contributed by atoms with Crippen molar-refractivity contribution in [1.82, 2.24) is 5.32 Å². The zero-order valence-corrected chi connectivity index (χ0v) is 18.6. The third-order valence-corrected chi connectivity index (χ3v) is 7.82. The van der Waals surface area contributed by atoms with E-state index in [1.54, 1.807) is 0 Å². The summed E-state index contributed by atoms with van der Waals surface area (Å²) >= 11 is 0. The predicted molar refractivity (Wildman–Crippen MR) is 112 cm³/mol. The zero-order chi connectivity index (χ0) is 22.0. The quantitative estimate of drug-likeness (QED) is 0.363. The van der Waals surface area contributed by atoms with E-state index >= 15 is 0 Å². The summed E-state index contributed by atoms with van der Waals surface area (Å²) in [6.45, 7) is 10.4. The number of ether oxygens (including phenoxy) is 1. The number of rotatable bonds is 2. The van der Waals surface area contributed by atoms with Crippen LogP contribution in [0.4, 0.5) is 0 Å². The fourth-order valence-corrected chi connectivity index (χ4v) is 6.13. The van der Waals surface area contributed by atoms with Gasteiger partial charge in [0.25, 0.3) is 0 Å². The van der Waals surface area contributed by atoms with Crippen LogP contribution in [0.3, 0.4) is 0 Å². The maximum absolute atomic E-state index is 14.0. The first-order valence-electron chi connectivity index (χ1n) is 11.3. The lowest BCUT2D eigenvalue weighted by molar-refractivity contribution is -0.146.